The summed E-state index contributed by atoms with van der Waals surface area (Å²) in [6.07, 6.45) is 4.04. The molecule has 35 heavy (non-hydrogen) atoms. The minimum atomic E-state index is 0.0734. The fourth-order valence-corrected chi connectivity index (χ4v) is 4.25. The third-order valence-electron chi connectivity index (χ3n) is 5.87. The minimum Gasteiger partial charge on any atom is -0.279 e. The van der Waals surface area contributed by atoms with Crippen molar-refractivity contribution in [3.63, 3.8) is 0 Å². The summed E-state index contributed by atoms with van der Waals surface area (Å²) in [6.45, 7) is 8.37. The van der Waals surface area contributed by atoms with Gasteiger partial charge >= 0.3 is 0 Å². The van der Waals surface area contributed by atoms with E-state index < -0.39 is 0 Å². The van der Waals surface area contributed by atoms with Crippen LogP contribution in [-0.4, -0.2) is 30.8 Å². The molecule has 0 radical (unpaired) electrons. The molecule has 0 N–H and O–H groups in total. The van der Waals surface area contributed by atoms with E-state index in [9.17, 15) is 5.26 Å². The first-order valence-corrected chi connectivity index (χ1v) is 12.1. The summed E-state index contributed by atoms with van der Waals surface area (Å²) in [5.74, 6) is 0.795. The maximum Gasteiger partial charge on any atom is 0.204 e. The molecule has 6 nitrogen and oxygen atoms in total. The molecule has 178 valence electrons. The van der Waals surface area contributed by atoms with E-state index in [4.69, 9.17) is 17.3 Å². The maximum absolute atomic E-state index is 9.19. The van der Waals surface area contributed by atoms with Crippen LogP contribution in [0.4, 0.5) is 0 Å². The number of nitriles is 1. The summed E-state index contributed by atoms with van der Waals surface area (Å²) >= 11 is 5.93. The van der Waals surface area contributed by atoms with E-state index in [2.05, 4.69) is 61.0 Å². The standard InChI is InChI=1S/C28H30N6S/c1-28(2,3)24-14-12-23(13-15-24)26-31-33(27(35)34(26)25-10-5-4-6-11-25)21-32(18-8-16-29)20-22-9-7-17-30-19-22/h4-7,9-15,17,19H,8,18,20-21H2,1-3H3. The summed E-state index contributed by atoms with van der Waals surface area (Å²) < 4.78 is 4.48. The van der Waals surface area contributed by atoms with Gasteiger partial charge in [0.2, 0.25) is 4.77 Å². The van der Waals surface area contributed by atoms with Crippen LogP contribution in [0.3, 0.4) is 0 Å². The maximum atomic E-state index is 9.19. The van der Waals surface area contributed by atoms with Crippen molar-refractivity contribution in [2.45, 2.75) is 45.8 Å². The summed E-state index contributed by atoms with van der Waals surface area (Å²) in [5, 5.41) is 14.2. The number of nitrogens with zero attached hydrogens (tertiary/aromatic N) is 6. The summed E-state index contributed by atoms with van der Waals surface area (Å²) in [5.41, 5.74) is 4.39. The van der Waals surface area contributed by atoms with Crippen molar-refractivity contribution in [1.29, 1.82) is 5.26 Å². The molecule has 0 unspecified atom stereocenters. The highest BCUT2D eigenvalue weighted by molar-refractivity contribution is 7.71. The lowest BCUT2D eigenvalue weighted by Gasteiger charge is -2.20. The number of rotatable bonds is 8. The first-order valence-electron chi connectivity index (χ1n) is 11.7. The number of benzene rings is 2. The van der Waals surface area contributed by atoms with Crippen molar-refractivity contribution < 1.29 is 0 Å². The van der Waals surface area contributed by atoms with Gasteiger partial charge in [0.15, 0.2) is 5.82 Å². The predicted molar refractivity (Wildman–Crippen MR) is 141 cm³/mol. The van der Waals surface area contributed by atoms with Gasteiger partial charge in [-0.1, -0.05) is 69.3 Å². The molecule has 0 aliphatic rings. The van der Waals surface area contributed by atoms with Gasteiger partial charge in [0.1, 0.15) is 0 Å². The molecule has 2 aromatic heterocycles. The molecule has 4 rings (SSSR count). The number of para-hydroxylation sites is 1. The Labute approximate surface area is 212 Å². The molecule has 0 amide bonds. The van der Waals surface area contributed by atoms with Crippen LogP contribution >= 0.6 is 12.2 Å². The second-order valence-electron chi connectivity index (χ2n) is 9.57. The van der Waals surface area contributed by atoms with Gasteiger partial charge in [0.25, 0.3) is 0 Å². The molecule has 0 aliphatic carbocycles. The van der Waals surface area contributed by atoms with Crippen LogP contribution < -0.4 is 0 Å². The van der Waals surface area contributed by atoms with Gasteiger partial charge in [-0.15, -0.1) is 5.10 Å². The molecule has 0 saturated heterocycles. The van der Waals surface area contributed by atoms with Gasteiger partial charge in [0.05, 0.1) is 12.7 Å². The molecule has 0 bridgehead atoms. The molecule has 7 heteroatoms. The van der Waals surface area contributed by atoms with E-state index in [0.717, 1.165) is 22.6 Å². The van der Waals surface area contributed by atoms with E-state index in [1.165, 1.54) is 5.56 Å². The highest BCUT2D eigenvalue weighted by Crippen LogP contribution is 2.27. The number of aromatic nitrogens is 4. The first-order chi connectivity index (χ1) is 16.9. The molecule has 2 heterocycles. The Kier molecular flexibility index (Phi) is 7.54. The lowest BCUT2D eigenvalue weighted by Crippen LogP contribution is -2.28. The normalized spacial score (nSPS) is 11.5. The average molecular weight is 483 g/mol. The molecule has 2 aromatic carbocycles. The SMILES string of the molecule is CC(C)(C)c1ccc(-c2nn(CN(CCC#N)Cc3cccnc3)c(=S)n2-c2ccccc2)cc1. The molecule has 0 aliphatic heterocycles. The Morgan fingerprint density at radius 2 is 1.74 bits per heavy atom. The van der Waals surface area contributed by atoms with Crippen LogP contribution in [0.15, 0.2) is 79.1 Å². The molecule has 0 spiro atoms. The van der Waals surface area contributed by atoms with Crippen LogP contribution in [0.5, 0.6) is 0 Å². The van der Waals surface area contributed by atoms with E-state index in [0.29, 0.717) is 31.0 Å². The van der Waals surface area contributed by atoms with E-state index in [1.807, 2.05) is 57.9 Å². The van der Waals surface area contributed by atoms with E-state index >= 15 is 0 Å². The average Bonchev–Trinajstić information content (AvgIpc) is 3.19. The van der Waals surface area contributed by atoms with Crippen molar-refractivity contribution in [2.75, 3.05) is 6.54 Å². The molecule has 0 saturated carbocycles. The predicted octanol–water partition coefficient (Wildman–Crippen LogP) is 6.14. The van der Waals surface area contributed by atoms with Gasteiger partial charge < -0.3 is 0 Å². The van der Waals surface area contributed by atoms with Crippen LogP contribution in [0, 0.1) is 16.1 Å². The van der Waals surface area contributed by atoms with Crippen molar-refractivity contribution in [3.8, 4) is 23.1 Å². The van der Waals surface area contributed by atoms with Gasteiger partial charge in [0, 0.05) is 43.2 Å². The lowest BCUT2D eigenvalue weighted by atomic mass is 9.87. The topological polar surface area (TPSA) is 62.7 Å². The van der Waals surface area contributed by atoms with E-state index in [1.54, 1.807) is 6.20 Å². The third-order valence-corrected chi connectivity index (χ3v) is 6.26. The van der Waals surface area contributed by atoms with Gasteiger partial charge in [-0.25, -0.2) is 4.68 Å². The van der Waals surface area contributed by atoms with Crippen LogP contribution in [0.1, 0.15) is 38.3 Å². The van der Waals surface area contributed by atoms with Crippen LogP contribution in [0.25, 0.3) is 17.1 Å². The monoisotopic (exact) mass is 482 g/mol. The second kappa shape index (κ2) is 10.8. The zero-order valence-corrected chi connectivity index (χ0v) is 21.2. The fraction of sp³-hybridized carbons (Fsp3) is 0.286. The molecule has 4 aromatic rings. The number of hydrogen-bond acceptors (Lipinski definition) is 5. The van der Waals surface area contributed by atoms with Crippen LogP contribution in [0.2, 0.25) is 0 Å². The second-order valence-corrected chi connectivity index (χ2v) is 9.93. The number of pyridine rings is 1. The van der Waals surface area contributed by atoms with Crippen molar-refractivity contribution in [2.24, 2.45) is 0 Å². The Balaban J connectivity index is 1.74. The van der Waals surface area contributed by atoms with Crippen molar-refractivity contribution in [1.82, 2.24) is 24.2 Å². The Hall–Kier alpha value is -3.60. The van der Waals surface area contributed by atoms with Gasteiger partial charge in [-0.3, -0.25) is 14.5 Å². The van der Waals surface area contributed by atoms with Crippen molar-refractivity contribution in [3.05, 3.63) is 95.0 Å². The Morgan fingerprint density at radius 3 is 2.37 bits per heavy atom. The van der Waals surface area contributed by atoms with Crippen LogP contribution in [-0.2, 0) is 18.6 Å². The molecular formula is C28H30N6S. The highest BCUT2D eigenvalue weighted by Gasteiger charge is 2.18. The molecule has 0 fully saturated rings. The number of hydrogen-bond donors (Lipinski definition) is 0. The fourth-order valence-electron chi connectivity index (χ4n) is 3.96. The molecule has 0 atom stereocenters. The zero-order valence-electron chi connectivity index (χ0n) is 20.4. The third kappa shape index (κ3) is 5.91. The quantitative estimate of drug-likeness (QED) is 0.282. The van der Waals surface area contributed by atoms with Crippen molar-refractivity contribution >= 4 is 12.2 Å². The first kappa shape index (κ1) is 24.5. The summed E-state index contributed by atoms with van der Waals surface area (Å²) in [4.78, 5) is 6.40. The lowest BCUT2D eigenvalue weighted by molar-refractivity contribution is 0.201. The summed E-state index contributed by atoms with van der Waals surface area (Å²) in [6, 6.07) is 24.8. The molecular weight excluding hydrogens is 452 g/mol. The summed E-state index contributed by atoms with van der Waals surface area (Å²) in [7, 11) is 0. The van der Waals surface area contributed by atoms with E-state index in [-0.39, 0.29) is 5.41 Å². The largest absolute Gasteiger partial charge is 0.279 e. The van der Waals surface area contributed by atoms with Gasteiger partial charge in [-0.2, -0.15) is 5.26 Å². The highest BCUT2D eigenvalue weighted by atomic mass is 32.1. The Bertz CT molecular complexity index is 1340. The smallest absolute Gasteiger partial charge is 0.204 e. The zero-order chi connectivity index (χ0) is 24.8. The van der Waals surface area contributed by atoms with Gasteiger partial charge in [-0.05, 0) is 47.0 Å². The minimum absolute atomic E-state index is 0.0734. The Morgan fingerprint density at radius 1 is 1.00 bits per heavy atom.